The van der Waals surface area contributed by atoms with Gasteiger partial charge in [-0.15, -0.1) is 0 Å². The number of amides is 1. The van der Waals surface area contributed by atoms with E-state index in [1.54, 1.807) is 0 Å². The molecule has 0 unspecified atom stereocenters. The molecule has 5 nitrogen and oxygen atoms in total. The van der Waals surface area contributed by atoms with Crippen LogP contribution in [-0.4, -0.2) is 22.2 Å². The van der Waals surface area contributed by atoms with Gasteiger partial charge in [0.05, 0.1) is 5.69 Å². The minimum atomic E-state index is -0.406. The summed E-state index contributed by atoms with van der Waals surface area (Å²) in [5, 5.41) is 11.0. The van der Waals surface area contributed by atoms with Crippen molar-refractivity contribution in [3.63, 3.8) is 0 Å². The van der Waals surface area contributed by atoms with Crippen LogP contribution in [0.3, 0.4) is 0 Å². The summed E-state index contributed by atoms with van der Waals surface area (Å²) in [4.78, 5) is 13.1. The Morgan fingerprint density at radius 3 is 2.48 bits per heavy atom. The second-order valence-electron chi connectivity index (χ2n) is 7.61. The molecule has 0 saturated heterocycles. The molecule has 0 saturated carbocycles. The molecule has 0 aliphatic carbocycles. The Morgan fingerprint density at radius 1 is 1.03 bits per heavy atom. The van der Waals surface area contributed by atoms with Crippen molar-refractivity contribution in [3.05, 3.63) is 82.7 Å². The van der Waals surface area contributed by atoms with Crippen molar-refractivity contribution in [2.24, 2.45) is 0 Å². The zero-order valence-electron chi connectivity index (χ0n) is 17.7. The number of nitrogens with zero attached hydrogens (tertiary/aromatic N) is 2. The van der Waals surface area contributed by atoms with Gasteiger partial charge in [0.15, 0.2) is 0 Å². The van der Waals surface area contributed by atoms with Gasteiger partial charge in [0.2, 0.25) is 5.91 Å². The maximum atomic E-state index is 13.1. The average Bonchev–Trinajstić information content (AvgIpc) is 3.02. The van der Waals surface area contributed by atoms with Crippen LogP contribution in [0.25, 0.3) is 0 Å². The highest BCUT2D eigenvalue weighted by atomic mass is 16.2. The van der Waals surface area contributed by atoms with Gasteiger partial charge >= 0.3 is 0 Å². The van der Waals surface area contributed by atoms with E-state index in [-0.39, 0.29) is 5.91 Å². The van der Waals surface area contributed by atoms with Gasteiger partial charge in [0, 0.05) is 17.9 Å². The van der Waals surface area contributed by atoms with Crippen LogP contribution in [0.2, 0.25) is 0 Å². The minimum absolute atomic E-state index is 0.0454. The Balaban J connectivity index is 1.67. The summed E-state index contributed by atoms with van der Waals surface area (Å²) in [6, 6.07) is 17.6. The summed E-state index contributed by atoms with van der Waals surface area (Å²) >= 11 is 0. The van der Waals surface area contributed by atoms with E-state index in [0.29, 0.717) is 0 Å². The molecule has 29 heavy (non-hydrogen) atoms. The molecule has 152 valence electrons. The van der Waals surface area contributed by atoms with Crippen molar-refractivity contribution in [3.8, 4) is 0 Å². The van der Waals surface area contributed by atoms with E-state index < -0.39 is 6.04 Å². The Morgan fingerprint density at radius 2 is 1.79 bits per heavy atom. The highest BCUT2D eigenvalue weighted by Crippen LogP contribution is 2.20. The van der Waals surface area contributed by atoms with E-state index in [1.165, 1.54) is 0 Å². The Labute approximate surface area is 173 Å². The number of hydrogen-bond donors (Lipinski definition) is 2. The molecule has 0 bridgehead atoms. The number of rotatable bonds is 8. The summed E-state index contributed by atoms with van der Waals surface area (Å²) in [7, 11) is 0. The van der Waals surface area contributed by atoms with E-state index in [0.717, 1.165) is 53.3 Å². The smallest absolute Gasteiger partial charge is 0.246 e. The standard InChI is InChI=1S/C24H30N4O/c1-17-11-12-18(2)22(15-17)26-24(29)23(21-9-6-5-7-10-21)25-13-8-14-28-20(4)16-19(3)27-28/h5-7,9-12,15-16,23,25H,8,13-14H2,1-4H3,(H,26,29)/t23-/m0/s1. The van der Waals surface area contributed by atoms with Crippen LogP contribution in [0.1, 0.15) is 40.5 Å². The SMILES string of the molecule is Cc1ccc(C)c(NC(=O)[C@@H](NCCCn2nc(C)cc2C)c2ccccc2)c1. The van der Waals surface area contributed by atoms with Gasteiger partial charge in [-0.25, -0.2) is 0 Å². The Kier molecular flexibility index (Phi) is 6.83. The van der Waals surface area contributed by atoms with Crippen LogP contribution >= 0.6 is 0 Å². The lowest BCUT2D eigenvalue weighted by Gasteiger charge is -2.20. The van der Waals surface area contributed by atoms with Gasteiger partial charge in [0.25, 0.3) is 0 Å². The first-order valence-corrected chi connectivity index (χ1v) is 10.1. The average molecular weight is 391 g/mol. The predicted molar refractivity (Wildman–Crippen MR) is 118 cm³/mol. The lowest BCUT2D eigenvalue weighted by molar-refractivity contribution is -0.118. The van der Waals surface area contributed by atoms with Crippen molar-refractivity contribution in [2.75, 3.05) is 11.9 Å². The summed E-state index contributed by atoms with van der Waals surface area (Å²) in [5.41, 5.74) is 6.20. The molecule has 0 aliphatic rings. The van der Waals surface area contributed by atoms with Crippen LogP contribution in [-0.2, 0) is 11.3 Å². The topological polar surface area (TPSA) is 59.0 Å². The molecule has 1 aromatic heterocycles. The third kappa shape index (κ3) is 5.55. The van der Waals surface area contributed by atoms with Gasteiger partial charge < -0.3 is 10.6 Å². The molecule has 0 fully saturated rings. The number of aromatic nitrogens is 2. The lowest BCUT2D eigenvalue weighted by atomic mass is 10.0. The second-order valence-corrected chi connectivity index (χ2v) is 7.61. The van der Waals surface area contributed by atoms with Crippen LogP contribution in [0.15, 0.2) is 54.6 Å². The molecule has 3 aromatic rings. The van der Waals surface area contributed by atoms with Gasteiger partial charge in [-0.2, -0.15) is 5.10 Å². The quantitative estimate of drug-likeness (QED) is 0.558. The molecule has 5 heteroatoms. The number of anilines is 1. The highest BCUT2D eigenvalue weighted by molar-refractivity contribution is 5.96. The molecule has 1 amide bonds. The number of benzene rings is 2. The van der Waals surface area contributed by atoms with E-state index >= 15 is 0 Å². The Bertz CT molecular complexity index is 962. The van der Waals surface area contributed by atoms with E-state index in [1.807, 2.05) is 67.9 Å². The van der Waals surface area contributed by atoms with Crippen LogP contribution in [0, 0.1) is 27.7 Å². The summed E-state index contributed by atoms with van der Waals surface area (Å²) in [5.74, 6) is -0.0454. The predicted octanol–water partition coefficient (Wildman–Crippen LogP) is 4.48. The molecule has 1 heterocycles. The minimum Gasteiger partial charge on any atom is -0.324 e. The number of carbonyl (C=O) groups excluding carboxylic acids is 1. The first-order valence-electron chi connectivity index (χ1n) is 10.1. The largest absolute Gasteiger partial charge is 0.324 e. The van der Waals surface area contributed by atoms with E-state index in [2.05, 4.69) is 34.8 Å². The third-order valence-electron chi connectivity index (χ3n) is 5.04. The molecule has 3 rings (SSSR count). The second kappa shape index (κ2) is 9.52. The maximum Gasteiger partial charge on any atom is 0.246 e. The zero-order valence-corrected chi connectivity index (χ0v) is 17.7. The fraction of sp³-hybridized carbons (Fsp3) is 0.333. The maximum absolute atomic E-state index is 13.1. The number of hydrogen-bond acceptors (Lipinski definition) is 3. The molecule has 2 N–H and O–H groups in total. The summed E-state index contributed by atoms with van der Waals surface area (Å²) in [6.07, 6.45) is 0.891. The van der Waals surface area contributed by atoms with Crippen LogP contribution in [0.4, 0.5) is 5.69 Å². The highest BCUT2D eigenvalue weighted by Gasteiger charge is 2.20. The fourth-order valence-electron chi connectivity index (χ4n) is 3.46. The molecule has 0 spiro atoms. The van der Waals surface area contributed by atoms with Crippen molar-refractivity contribution in [1.29, 1.82) is 0 Å². The first-order chi connectivity index (χ1) is 13.9. The number of aryl methyl sites for hydroxylation is 5. The fourth-order valence-corrected chi connectivity index (χ4v) is 3.46. The molecule has 1 atom stereocenters. The summed E-state index contributed by atoms with van der Waals surface area (Å²) in [6.45, 7) is 9.66. The third-order valence-corrected chi connectivity index (χ3v) is 5.04. The van der Waals surface area contributed by atoms with E-state index in [4.69, 9.17) is 0 Å². The van der Waals surface area contributed by atoms with Crippen molar-refractivity contribution >= 4 is 11.6 Å². The number of nitrogens with one attached hydrogen (secondary N) is 2. The Hall–Kier alpha value is -2.92. The van der Waals surface area contributed by atoms with Gasteiger partial charge in [-0.1, -0.05) is 42.5 Å². The monoisotopic (exact) mass is 390 g/mol. The number of carbonyl (C=O) groups is 1. The van der Waals surface area contributed by atoms with Gasteiger partial charge in [-0.3, -0.25) is 9.48 Å². The van der Waals surface area contributed by atoms with Crippen molar-refractivity contribution in [1.82, 2.24) is 15.1 Å². The van der Waals surface area contributed by atoms with Gasteiger partial charge in [-0.05, 0) is 69.5 Å². The summed E-state index contributed by atoms with van der Waals surface area (Å²) < 4.78 is 2.02. The molecule has 2 aromatic carbocycles. The molecule has 0 aliphatic heterocycles. The first kappa shape index (κ1) is 20.8. The molecular formula is C24H30N4O. The molecular weight excluding hydrogens is 360 g/mol. The van der Waals surface area contributed by atoms with Crippen LogP contribution in [0.5, 0.6) is 0 Å². The van der Waals surface area contributed by atoms with Crippen molar-refractivity contribution < 1.29 is 4.79 Å². The zero-order chi connectivity index (χ0) is 20.8. The molecule has 0 radical (unpaired) electrons. The van der Waals surface area contributed by atoms with Crippen LogP contribution < -0.4 is 10.6 Å². The lowest BCUT2D eigenvalue weighted by Crippen LogP contribution is -2.34. The van der Waals surface area contributed by atoms with Gasteiger partial charge in [0.1, 0.15) is 6.04 Å². The normalized spacial score (nSPS) is 12.0. The van der Waals surface area contributed by atoms with E-state index in [9.17, 15) is 4.79 Å². The van der Waals surface area contributed by atoms with Crippen molar-refractivity contribution in [2.45, 2.75) is 46.7 Å².